The number of methoxy groups -OCH3 is 1. The summed E-state index contributed by atoms with van der Waals surface area (Å²) in [6.07, 6.45) is 1.86. The molecule has 0 aliphatic heterocycles. The summed E-state index contributed by atoms with van der Waals surface area (Å²) in [6.45, 7) is 0. The predicted molar refractivity (Wildman–Crippen MR) is 99.9 cm³/mol. The molecule has 0 saturated carbocycles. The third-order valence-electron chi connectivity index (χ3n) is 4.42. The van der Waals surface area contributed by atoms with Gasteiger partial charge in [0, 0.05) is 23.5 Å². The molecule has 0 bridgehead atoms. The summed E-state index contributed by atoms with van der Waals surface area (Å²) in [5, 5.41) is 8.19. The van der Waals surface area contributed by atoms with Gasteiger partial charge in [0.2, 0.25) is 10.0 Å². The summed E-state index contributed by atoms with van der Waals surface area (Å²) in [5.41, 5.74) is 2.07. The van der Waals surface area contributed by atoms with Crippen LogP contribution in [0.1, 0.15) is 5.56 Å². The SMILES string of the molecule is COC(=O)[C@H](Cc1c[nH]c2ccccc12)NS(=O)(=O)c1cccc2nonc12. The number of hydrogen-bond donors (Lipinski definition) is 2. The summed E-state index contributed by atoms with van der Waals surface area (Å²) >= 11 is 0. The van der Waals surface area contributed by atoms with E-state index < -0.39 is 22.0 Å². The van der Waals surface area contributed by atoms with E-state index in [2.05, 4.69) is 24.6 Å². The van der Waals surface area contributed by atoms with Crippen LogP contribution in [0.4, 0.5) is 0 Å². The lowest BCUT2D eigenvalue weighted by molar-refractivity contribution is -0.142. The fraction of sp³-hybridized carbons (Fsp3) is 0.167. The van der Waals surface area contributed by atoms with E-state index in [1.807, 2.05) is 24.3 Å². The van der Waals surface area contributed by atoms with Crippen molar-refractivity contribution in [2.45, 2.75) is 17.4 Å². The first-order valence-electron chi connectivity index (χ1n) is 8.36. The molecule has 2 N–H and O–H groups in total. The Balaban J connectivity index is 1.68. The molecule has 1 atom stereocenters. The van der Waals surface area contributed by atoms with Crippen molar-refractivity contribution in [2.24, 2.45) is 0 Å². The van der Waals surface area contributed by atoms with E-state index in [-0.39, 0.29) is 16.8 Å². The molecule has 0 unspecified atom stereocenters. The van der Waals surface area contributed by atoms with E-state index in [4.69, 9.17) is 4.74 Å². The summed E-state index contributed by atoms with van der Waals surface area (Å²) in [5.74, 6) is -0.695. The van der Waals surface area contributed by atoms with Gasteiger partial charge in [-0.15, -0.1) is 0 Å². The molecule has 0 saturated heterocycles. The number of nitrogens with zero attached hydrogens (tertiary/aromatic N) is 2. The van der Waals surface area contributed by atoms with E-state index in [0.29, 0.717) is 5.52 Å². The van der Waals surface area contributed by atoms with Gasteiger partial charge in [-0.05, 0) is 34.1 Å². The van der Waals surface area contributed by atoms with E-state index >= 15 is 0 Å². The van der Waals surface area contributed by atoms with Gasteiger partial charge >= 0.3 is 5.97 Å². The number of ether oxygens (including phenoxy) is 1. The highest BCUT2D eigenvalue weighted by Gasteiger charge is 2.29. The second-order valence-electron chi connectivity index (χ2n) is 6.15. The maximum atomic E-state index is 12.9. The van der Waals surface area contributed by atoms with Crippen LogP contribution in [0.2, 0.25) is 0 Å². The first-order chi connectivity index (χ1) is 13.5. The minimum atomic E-state index is -4.09. The van der Waals surface area contributed by atoms with Gasteiger partial charge in [0.15, 0.2) is 5.52 Å². The van der Waals surface area contributed by atoms with Crippen LogP contribution in [0.25, 0.3) is 21.9 Å². The summed E-state index contributed by atoms with van der Waals surface area (Å²) in [7, 11) is -2.88. The number of carbonyl (C=O) groups excluding carboxylic acids is 1. The second-order valence-corrected chi connectivity index (χ2v) is 7.83. The Morgan fingerprint density at radius 2 is 2.04 bits per heavy atom. The van der Waals surface area contributed by atoms with Crippen LogP contribution in [-0.2, 0) is 26.0 Å². The maximum Gasteiger partial charge on any atom is 0.324 e. The van der Waals surface area contributed by atoms with Crippen LogP contribution in [0.5, 0.6) is 0 Å². The van der Waals surface area contributed by atoms with Crippen molar-refractivity contribution in [2.75, 3.05) is 7.11 Å². The Bertz CT molecular complexity index is 1260. The number of fused-ring (bicyclic) bond motifs is 2. The first-order valence-corrected chi connectivity index (χ1v) is 9.84. The van der Waals surface area contributed by atoms with Crippen molar-refractivity contribution in [1.29, 1.82) is 0 Å². The highest BCUT2D eigenvalue weighted by atomic mass is 32.2. The molecule has 2 aromatic heterocycles. The molecule has 2 aromatic carbocycles. The molecule has 0 spiro atoms. The molecule has 0 aliphatic rings. The molecule has 144 valence electrons. The van der Waals surface area contributed by atoms with Crippen molar-refractivity contribution in [3.63, 3.8) is 0 Å². The molecule has 4 rings (SSSR count). The van der Waals surface area contributed by atoms with Gasteiger partial charge in [-0.25, -0.2) is 13.0 Å². The number of para-hydroxylation sites is 1. The van der Waals surface area contributed by atoms with Gasteiger partial charge in [-0.3, -0.25) is 4.79 Å². The zero-order valence-corrected chi connectivity index (χ0v) is 15.6. The monoisotopic (exact) mass is 400 g/mol. The number of sulfonamides is 1. The molecule has 0 amide bonds. The Kier molecular flexibility index (Phi) is 4.57. The van der Waals surface area contributed by atoms with Gasteiger partial charge in [0.1, 0.15) is 16.5 Å². The van der Waals surface area contributed by atoms with Gasteiger partial charge in [0.05, 0.1) is 7.11 Å². The number of aromatic nitrogens is 3. The zero-order chi connectivity index (χ0) is 19.7. The van der Waals surface area contributed by atoms with Crippen LogP contribution in [0, 0.1) is 0 Å². The lowest BCUT2D eigenvalue weighted by Gasteiger charge is -2.16. The normalized spacial score (nSPS) is 13.0. The Morgan fingerprint density at radius 1 is 1.21 bits per heavy atom. The fourth-order valence-corrected chi connectivity index (χ4v) is 4.42. The minimum Gasteiger partial charge on any atom is -0.468 e. The Morgan fingerprint density at radius 3 is 2.86 bits per heavy atom. The number of benzene rings is 2. The smallest absolute Gasteiger partial charge is 0.324 e. The van der Waals surface area contributed by atoms with Crippen LogP contribution in [0.15, 0.2) is 58.2 Å². The van der Waals surface area contributed by atoms with Crippen molar-refractivity contribution in [3.8, 4) is 0 Å². The Hall–Kier alpha value is -3.24. The van der Waals surface area contributed by atoms with Gasteiger partial charge in [-0.1, -0.05) is 24.3 Å². The molecule has 4 aromatic rings. The summed E-state index contributed by atoms with van der Waals surface area (Å²) < 4.78 is 37.7. The molecule has 2 heterocycles. The largest absolute Gasteiger partial charge is 0.468 e. The number of carbonyl (C=O) groups is 1. The quantitative estimate of drug-likeness (QED) is 0.472. The third-order valence-corrected chi connectivity index (χ3v) is 5.92. The maximum absolute atomic E-state index is 12.9. The average molecular weight is 400 g/mol. The molecule has 0 aliphatic carbocycles. The first kappa shape index (κ1) is 18.1. The minimum absolute atomic E-state index is 0.0886. The standard InChI is InChI=1S/C18H16N4O5S/c1-26-18(23)15(9-11-10-19-13-6-3-2-5-12(11)13)22-28(24,25)16-8-4-7-14-17(16)21-27-20-14/h2-8,10,15,19,22H,9H2,1H3/t15-/m0/s1. The number of aromatic amines is 1. The lowest BCUT2D eigenvalue weighted by Crippen LogP contribution is -2.43. The summed E-state index contributed by atoms with van der Waals surface area (Å²) in [6, 6.07) is 10.9. The lowest BCUT2D eigenvalue weighted by atomic mass is 10.1. The molecule has 0 radical (unpaired) electrons. The number of H-pyrrole nitrogens is 1. The van der Waals surface area contributed by atoms with Crippen LogP contribution in [0.3, 0.4) is 0 Å². The second kappa shape index (κ2) is 7.06. The van der Waals surface area contributed by atoms with Crippen LogP contribution < -0.4 is 4.72 Å². The van der Waals surface area contributed by atoms with Gasteiger partial charge < -0.3 is 9.72 Å². The molecule has 9 nitrogen and oxygen atoms in total. The van der Waals surface area contributed by atoms with E-state index in [9.17, 15) is 13.2 Å². The Labute approximate surface area is 159 Å². The van der Waals surface area contributed by atoms with Crippen molar-refractivity contribution in [1.82, 2.24) is 20.0 Å². The van der Waals surface area contributed by atoms with Crippen molar-refractivity contribution < 1.29 is 22.6 Å². The molecular weight excluding hydrogens is 384 g/mol. The van der Waals surface area contributed by atoms with E-state index in [1.54, 1.807) is 12.3 Å². The van der Waals surface area contributed by atoms with Crippen molar-refractivity contribution in [3.05, 3.63) is 54.2 Å². The molecule has 10 heteroatoms. The van der Waals surface area contributed by atoms with Gasteiger partial charge in [0.25, 0.3) is 0 Å². The van der Waals surface area contributed by atoms with E-state index in [1.165, 1.54) is 19.2 Å². The predicted octanol–water partition coefficient (Wildman–Crippen LogP) is 1.77. The van der Waals surface area contributed by atoms with E-state index in [0.717, 1.165) is 16.5 Å². The topological polar surface area (TPSA) is 127 Å². The average Bonchev–Trinajstić information content (AvgIpc) is 3.33. The number of nitrogens with one attached hydrogen (secondary N) is 2. The molecular formula is C18H16N4O5S. The molecule has 28 heavy (non-hydrogen) atoms. The highest BCUT2D eigenvalue weighted by Crippen LogP contribution is 2.22. The summed E-state index contributed by atoms with van der Waals surface area (Å²) in [4.78, 5) is 15.3. The molecule has 0 fully saturated rings. The third kappa shape index (κ3) is 3.23. The highest BCUT2D eigenvalue weighted by molar-refractivity contribution is 7.89. The zero-order valence-electron chi connectivity index (χ0n) is 14.7. The van der Waals surface area contributed by atoms with Gasteiger partial charge in [-0.2, -0.15) is 4.72 Å². The van der Waals surface area contributed by atoms with Crippen molar-refractivity contribution >= 4 is 37.9 Å². The fourth-order valence-electron chi connectivity index (χ4n) is 3.08. The number of esters is 1. The number of hydrogen-bond acceptors (Lipinski definition) is 7. The van der Waals surface area contributed by atoms with Crippen LogP contribution >= 0.6 is 0 Å². The number of rotatable bonds is 6. The van der Waals surface area contributed by atoms with Crippen LogP contribution in [-0.4, -0.2) is 42.8 Å².